The van der Waals surface area contributed by atoms with Gasteiger partial charge >= 0.3 is 7.12 Å². The molecule has 2 rings (SSSR count). The molecular formula is C11H18BBrN2O2. The smallest absolute Gasteiger partial charge is 0.398 e. The molecule has 0 bridgehead atoms. The Labute approximate surface area is 111 Å². The first-order chi connectivity index (χ1) is 7.66. The fourth-order valence-electron chi connectivity index (χ4n) is 1.80. The predicted octanol–water partition coefficient (Wildman–Crippen LogP) is 1.79. The fourth-order valence-corrected chi connectivity index (χ4v) is 2.51. The van der Waals surface area contributed by atoms with Crippen LogP contribution in [0.15, 0.2) is 4.60 Å². The highest BCUT2D eigenvalue weighted by Gasteiger charge is 2.53. The zero-order valence-electron chi connectivity index (χ0n) is 11.2. The molecule has 0 unspecified atom stereocenters. The van der Waals surface area contributed by atoms with Crippen molar-refractivity contribution in [1.29, 1.82) is 0 Å². The molecule has 94 valence electrons. The van der Waals surface area contributed by atoms with Crippen LogP contribution in [0.4, 0.5) is 0 Å². The summed E-state index contributed by atoms with van der Waals surface area (Å²) in [6, 6.07) is 0. The maximum atomic E-state index is 6.01. The van der Waals surface area contributed by atoms with Gasteiger partial charge in [-0.15, -0.1) is 0 Å². The number of nitrogens with zero attached hydrogens (tertiary/aromatic N) is 2. The SMILES string of the molecule is Cc1nc(Br)c(B2OC(C)(C)C(C)(C)O2)n1C. The van der Waals surface area contributed by atoms with Crippen LogP contribution in [0.2, 0.25) is 0 Å². The van der Waals surface area contributed by atoms with E-state index in [1.165, 1.54) is 0 Å². The van der Waals surface area contributed by atoms with Crippen molar-refractivity contribution >= 4 is 28.6 Å². The standard InChI is InChI=1S/C11H18BBrN2O2/c1-7-14-9(13)8(15(7)6)12-16-10(2,3)11(4,5)17-12/h1-6H3. The van der Waals surface area contributed by atoms with Crippen molar-refractivity contribution in [3.8, 4) is 0 Å². The van der Waals surface area contributed by atoms with Gasteiger partial charge in [0.25, 0.3) is 0 Å². The lowest BCUT2D eigenvalue weighted by atomic mass is 9.85. The molecule has 1 aliphatic heterocycles. The molecule has 0 radical (unpaired) electrons. The van der Waals surface area contributed by atoms with Crippen LogP contribution in [-0.4, -0.2) is 27.9 Å². The van der Waals surface area contributed by atoms with Crippen LogP contribution in [0.3, 0.4) is 0 Å². The zero-order valence-corrected chi connectivity index (χ0v) is 12.8. The number of rotatable bonds is 1. The summed E-state index contributed by atoms with van der Waals surface area (Å²) in [4.78, 5) is 4.37. The minimum Gasteiger partial charge on any atom is -0.398 e. The van der Waals surface area contributed by atoms with Crippen molar-refractivity contribution in [3.63, 3.8) is 0 Å². The normalized spacial score (nSPS) is 22.2. The summed E-state index contributed by atoms with van der Waals surface area (Å²) < 4.78 is 14.8. The Hall–Kier alpha value is -0.325. The summed E-state index contributed by atoms with van der Waals surface area (Å²) in [5.41, 5.74) is 0.283. The van der Waals surface area contributed by atoms with E-state index in [0.717, 1.165) is 16.0 Å². The second kappa shape index (κ2) is 3.83. The van der Waals surface area contributed by atoms with E-state index in [2.05, 4.69) is 20.9 Å². The number of aromatic nitrogens is 2. The second-order valence-corrected chi connectivity index (χ2v) is 6.23. The Balaban J connectivity index is 2.39. The average molecular weight is 301 g/mol. The van der Waals surface area contributed by atoms with Crippen molar-refractivity contribution in [1.82, 2.24) is 9.55 Å². The van der Waals surface area contributed by atoms with Gasteiger partial charge in [0.05, 0.1) is 16.8 Å². The molecule has 0 atom stereocenters. The van der Waals surface area contributed by atoms with E-state index in [4.69, 9.17) is 9.31 Å². The first-order valence-corrected chi connectivity index (χ1v) is 6.49. The van der Waals surface area contributed by atoms with Crippen LogP contribution >= 0.6 is 15.9 Å². The lowest BCUT2D eigenvalue weighted by Crippen LogP contribution is -2.41. The maximum Gasteiger partial charge on any atom is 0.515 e. The number of halogens is 1. The van der Waals surface area contributed by atoms with Crippen molar-refractivity contribution in [2.75, 3.05) is 0 Å². The van der Waals surface area contributed by atoms with Gasteiger partial charge in [0, 0.05) is 7.05 Å². The van der Waals surface area contributed by atoms with Gasteiger partial charge < -0.3 is 13.9 Å². The number of aryl methyl sites for hydroxylation is 1. The van der Waals surface area contributed by atoms with Crippen molar-refractivity contribution < 1.29 is 9.31 Å². The molecule has 2 heterocycles. The molecule has 0 spiro atoms. The van der Waals surface area contributed by atoms with Crippen LogP contribution in [0.25, 0.3) is 0 Å². The zero-order chi connectivity index (χ0) is 13.0. The summed E-state index contributed by atoms with van der Waals surface area (Å²) in [5, 5.41) is 0. The van der Waals surface area contributed by atoms with Gasteiger partial charge in [0.15, 0.2) is 0 Å². The molecule has 0 saturated carbocycles. The molecule has 1 aliphatic rings. The van der Waals surface area contributed by atoms with Gasteiger partial charge in [-0.3, -0.25) is 0 Å². The van der Waals surface area contributed by atoms with Gasteiger partial charge in [-0.2, -0.15) is 0 Å². The third-order valence-electron chi connectivity index (χ3n) is 3.79. The van der Waals surface area contributed by atoms with E-state index in [0.29, 0.717) is 0 Å². The Morgan fingerprint density at radius 1 is 1.18 bits per heavy atom. The topological polar surface area (TPSA) is 36.3 Å². The maximum absolute atomic E-state index is 6.01. The minimum absolute atomic E-state index is 0.324. The van der Waals surface area contributed by atoms with Crippen LogP contribution < -0.4 is 5.59 Å². The Morgan fingerprint density at radius 3 is 2.00 bits per heavy atom. The van der Waals surface area contributed by atoms with Crippen LogP contribution in [0, 0.1) is 6.92 Å². The fraction of sp³-hybridized carbons (Fsp3) is 0.727. The molecular weight excluding hydrogens is 283 g/mol. The highest BCUT2D eigenvalue weighted by atomic mass is 79.9. The second-order valence-electron chi connectivity index (χ2n) is 5.48. The molecule has 0 N–H and O–H groups in total. The average Bonchev–Trinajstić information content (AvgIpc) is 2.49. The lowest BCUT2D eigenvalue weighted by molar-refractivity contribution is 0.00578. The highest BCUT2D eigenvalue weighted by molar-refractivity contribution is 9.10. The van der Waals surface area contributed by atoms with E-state index in [-0.39, 0.29) is 18.3 Å². The molecule has 0 aromatic carbocycles. The van der Waals surface area contributed by atoms with Crippen LogP contribution in [-0.2, 0) is 16.4 Å². The monoisotopic (exact) mass is 300 g/mol. The quantitative estimate of drug-likeness (QED) is 0.742. The third kappa shape index (κ3) is 1.96. The van der Waals surface area contributed by atoms with Gasteiger partial charge in [-0.25, -0.2) is 4.98 Å². The summed E-state index contributed by atoms with van der Waals surface area (Å²) in [6.07, 6.45) is 0. The summed E-state index contributed by atoms with van der Waals surface area (Å²) in [5.74, 6) is 0.932. The first-order valence-electron chi connectivity index (χ1n) is 5.70. The van der Waals surface area contributed by atoms with Gasteiger partial charge in [0.2, 0.25) is 0 Å². The van der Waals surface area contributed by atoms with E-state index in [9.17, 15) is 0 Å². The summed E-state index contributed by atoms with van der Waals surface area (Å²) in [7, 11) is 1.59. The first kappa shape index (κ1) is 13.1. The number of imidazole rings is 1. The van der Waals surface area contributed by atoms with Crippen molar-refractivity contribution in [2.24, 2.45) is 7.05 Å². The largest absolute Gasteiger partial charge is 0.515 e. The summed E-state index contributed by atoms with van der Waals surface area (Å²) in [6.45, 7) is 10.1. The summed E-state index contributed by atoms with van der Waals surface area (Å²) >= 11 is 3.46. The van der Waals surface area contributed by atoms with E-state index >= 15 is 0 Å². The highest BCUT2D eigenvalue weighted by Crippen LogP contribution is 2.36. The third-order valence-corrected chi connectivity index (χ3v) is 4.38. The van der Waals surface area contributed by atoms with Crippen LogP contribution in [0.5, 0.6) is 0 Å². The Morgan fingerprint density at radius 2 is 1.65 bits per heavy atom. The molecule has 6 heteroatoms. The molecule has 0 amide bonds. The molecule has 17 heavy (non-hydrogen) atoms. The van der Waals surface area contributed by atoms with E-state index < -0.39 is 0 Å². The van der Waals surface area contributed by atoms with Crippen molar-refractivity contribution in [2.45, 2.75) is 45.8 Å². The lowest BCUT2D eigenvalue weighted by Gasteiger charge is -2.32. The molecule has 4 nitrogen and oxygen atoms in total. The van der Waals surface area contributed by atoms with Crippen LogP contribution in [0.1, 0.15) is 33.5 Å². The molecule has 1 fully saturated rings. The Bertz CT molecular complexity index is 441. The minimum atomic E-state index is -0.374. The van der Waals surface area contributed by atoms with E-state index in [1.807, 2.05) is 46.2 Å². The molecule has 1 aromatic rings. The van der Waals surface area contributed by atoms with E-state index in [1.54, 1.807) is 0 Å². The predicted molar refractivity (Wildman–Crippen MR) is 71.4 cm³/mol. The molecule has 1 aromatic heterocycles. The molecule has 0 aliphatic carbocycles. The number of hydrogen-bond donors (Lipinski definition) is 0. The van der Waals surface area contributed by atoms with Gasteiger partial charge in [-0.05, 0) is 50.5 Å². The van der Waals surface area contributed by atoms with Crippen molar-refractivity contribution in [3.05, 3.63) is 10.4 Å². The van der Waals surface area contributed by atoms with Gasteiger partial charge in [0.1, 0.15) is 10.4 Å². The molecule has 1 saturated heterocycles. The van der Waals surface area contributed by atoms with Gasteiger partial charge in [-0.1, -0.05) is 0 Å². The number of hydrogen-bond acceptors (Lipinski definition) is 3. The Kier molecular flexibility index (Phi) is 2.96.